The van der Waals surface area contributed by atoms with Gasteiger partial charge in [0.05, 0.1) is 20.4 Å². The fourth-order valence-electron chi connectivity index (χ4n) is 1.94. The summed E-state index contributed by atoms with van der Waals surface area (Å²) in [4.78, 5) is 0. The van der Waals surface area contributed by atoms with Gasteiger partial charge in [-0.2, -0.15) is 0 Å². The van der Waals surface area contributed by atoms with Crippen molar-refractivity contribution in [2.45, 2.75) is 19.5 Å². The molecule has 2 aromatic rings. The van der Waals surface area contributed by atoms with Gasteiger partial charge in [0.2, 0.25) is 0 Å². The van der Waals surface area contributed by atoms with Crippen LogP contribution in [0, 0.1) is 0 Å². The lowest BCUT2D eigenvalue weighted by molar-refractivity contribution is 0.389. The minimum Gasteiger partial charge on any atom is -0.497 e. The molecule has 0 atom stereocenters. The van der Waals surface area contributed by atoms with Gasteiger partial charge in [0, 0.05) is 30.9 Å². The first-order chi connectivity index (χ1) is 9.83. The Morgan fingerprint density at radius 1 is 1.25 bits per heavy atom. The Bertz CT molecular complexity index is 514. The summed E-state index contributed by atoms with van der Waals surface area (Å²) in [6.45, 7) is 2.55. The van der Waals surface area contributed by atoms with Crippen LogP contribution in [0.1, 0.15) is 12.0 Å². The Morgan fingerprint density at radius 2 is 2.15 bits per heavy atom. The maximum atomic E-state index is 5.36. The Labute approximate surface area is 118 Å². The molecule has 1 aromatic heterocycles. The second-order valence-electron chi connectivity index (χ2n) is 4.37. The molecule has 6 nitrogen and oxygen atoms in total. The first-order valence-corrected chi connectivity index (χ1v) is 6.59. The predicted molar refractivity (Wildman–Crippen MR) is 75.9 cm³/mol. The van der Waals surface area contributed by atoms with Crippen LogP contribution in [0.2, 0.25) is 0 Å². The molecule has 0 aliphatic carbocycles. The SMILES string of the molecule is COc1ccc(CNCCCn2ccnn2)c(OC)c1. The van der Waals surface area contributed by atoms with Crippen LogP contribution in [-0.4, -0.2) is 35.8 Å². The van der Waals surface area contributed by atoms with Gasteiger partial charge in [-0.15, -0.1) is 5.10 Å². The fourth-order valence-corrected chi connectivity index (χ4v) is 1.94. The average Bonchev–Trinajstić information content (AvgIpc) is 3.00. The van der Waals surface area contributed by atoms with Crippen LogP contribution in [-0.2, 0) is 13.1 Å². The Morgan fingerprint density at radius 3 is 2.85 bits per heavy atom. The molecule has 0 spiro atoms. The van der Waals surface area contributed by atoms with E-state index in [2.05, 4.69) is 15.6 Å². The van der Waals surface area contributed by atoms with Crippen molar-refractivity contribution in [1.82, 2.24) is 20.3 Å². The molecule has 0 radical (unpaired) electrons. The lowest BCUT2D eigenvalue weighted by Crippen LogP contribution is -2.17. The molecule has 0 unspecified atom stereocenters. The lowest BCUT2D eigenvalue weighted by atomic mass is 10.2. The highest BCUT2D eigenvalue weighted by Gasteiger charge is 2.04. The summed E-state index contributed by atoms with van der Waals surface area (Å²) < 4.78 is 12.4. The molecule has 0 aliphatic heterocycles. The summed E-state index contributed by atoms with van der Waals surface area (Å²) in [5.74, 6) is 1.64. The molecule has 1 heterocycles. The van der Waals surface area contributed by atoms with E-state index < -0.39 is 0 Å². The third-order valence-electron chi connectivity index (χ3n) is 3.02. The highest BCUT2D eigenvalue weighted by molar-refractivity contribution is 5.40. The summed E-state index contributed by atoms with van der Waals surface area (Å²) >= 11 is 0. The molecule has 1 N–H and O–H groups in total. The van der Waals surface area contributed by atoms with Gasteiger partial charge in [0.25, 0.3) is 0 Å². The van der Waals surface area contributed by atoms with Crippen LogP contribution in [0.3, 0.4) is 0 Å². The number of aromatic nitrogens is 3. The lowest BCUT2D eigenvalue weighted by Gasteiger charge is -2.11. The molecule has 6 heteroatoms. The van der Waals surface area contributed by atoms with Crippen LogP contribution in [0.15, 0.2) is 30.6 Å². The molecular weight excluding hydrogens is 256 g/mol. The van der Waals surface area contributed by atoms with Gasteiger partial charge in [0.15, 0.2) is 0 Å². The topological polar surface area (TPSA) is 61.2 Å². The maximum absolute atomic E-state index is 5.36. The number of hydrogen-bond acceptors (Lipinski definition) is 5. The van der Waals surface area contributed by atoms with E-state index in [4.69, 9.17) is 9.47 Å². The van der Waals surface area contributed by atoms with Crippen molar-refractivity contribution in [2.24, 2.45) is 0 Å². The number of hydrogen-bond donors (Lipinski definition) is 1. The summed E-state index contributed by atoms with van der Waals surface area (Å²) in [6.07, 6.45) is 4.56. The average molecular weight is 276 g/mol. The smallest absolute Gasteiger partial charge is 0.127 e. The summed E-state index contributed by atoms with van der Waals surface area (Å²) in [5.41, 5.74) is 1.12. The zero-order valence-corrected chi connectivity index (χ0v) is 11.9. The van der Waals surface area contributed by atoms with Gasteiger partial charge in [0.1, 0.15) is 11.5 Å². The third kappa shape index (κ3) is 3.96. The first kappa shape index (κ1) is 14.3. The molecule has 0 aliphatic rings. The summed E-state index contributed by atoms with van der Waals surface area (Å²) in [6, 6.07) is 5.85. The van der Waals surface area contributed by atoms with E-state index in [0.717, 1.165) is 43.1 Å². The second-order valence-corrected chi connectivity index (χ2v) is 4.37. The highest BCUT2D eigenvalue weighted by atomic mass is 16.5. The van der Waals surface area contributed by atoms with E-state index in [1.54, 1.807) is 20.4 Å². The molecule has 2 rings (SSSR count). The Hall–Kier alpha value is -2.08. The van der Waals surface area contributed by atoms with Crippen molar-refractivity contribution < 1.29 is 9.47 Å². The highest BCUT2D eigenvalue weighted by Crippen LogP contribution is 2.24. The van der Waals surface area contributed by atoms with Crippen LogP contribution in [0.4, 0.5) is 0 Å². The molecule has 0 bridgehead atoms. The van der Waals surface area contributed by atoms with Crippen LogP contribution >= 0.6 is 0 Å². The number of rotatable bonds is 8. The Kier molecular flexibility index (Phi) is 5.37. The number of ether oxygens (including phenoxy) is 2. The first-order valence-electron chi connectivity index (χ1n) is 6.59. The van der Waals surface area contributed by atoms with Crippen molar-refractivity contribution in [2.75, 3.05) is 20.8 Å². The van der Waals surface area contributed by atoms with E-state index in [-0.39, 0.29) is 0 Å². The molecule has 20 heavy (non-hydrogen) atoms. The van der Waals surface area contributed by atoms with Crippen LogP contribution in [0.25, 0.3) is 0 Å². The largest absolute Gasteiger partial charge is 0.497 e. The van der Waals surface area contributed by atoms with E-state index in [1.165, 1.54) is 0 Å². The van der Waals surface area contributed by atoms with Crippen molar-refractivity contribution >= 4 is 0 Å². The van der Waals surface area contributed by atoms with Crippen LogP contribution < -0.4 is 14.8 Å². The molecule has 0 amide bonds. The molecule has 1 aromatic carbocycles. The summed E-state index contributed by atoms with van der Waals surface area (Å²) in [7, 11) is 3.32. The van der Waals surface area contributed by atoms with Gasteiger partial charge in [-0.05, 0) is 19.0 Å². The zero-order chi connectivity index (χ0) is 14.2. The van der Waals surface area contributed by atoms with Crippen LogP contribution in [0.5, 0.6) is 11.5 Å². The van der Waals surface area contributed by atoms with Crippen molar-refractivity contribution in [3.05, 3.63) is 36.2 Å². The molecule has 0 saturated heterocycles. The molecule has 0 fully saturated rings. The predicted octanol–water partition coefficient (Wildman–Crippen LogP) is 1.48. The maximum Gasteiger partial charge on any atom is 0.127 e. The zero-order valence-electron chi connectivity index (χ0n) is 11.9. The molecule has 108 valence electrons. The second kappa shape index (κ2) is 7.49. The van der Waals surface area contributed by atoms with Gasteiger partial charge < -0.3 is 14.8 Å². The number of aryl methyl sites for hydroxylation is 1. The number of nitrogens with one attached hydrogen (secondary N) is 1. The van der Waals surface area contributed by atoms with Crippen molar-refractivity contribution in [3.8, 4) is 11.5 Å². The van der Waals surface area contributed by atoms with Gasteiger partial charge >= 0.3 is 0 Å². The van der Waals surface area contributed by atoms with E-state index in [0.29, 0.717) is 0 Å². The minimum atomic E-state index is 0.768. The quantitative estimate of drug-likeness (QED) is 0.740. The number of methoxy groups -OCH3 is 2. The third-order valence-corrected chi connectivity index (χ3v) is 3.02. The van der Waals surface area contributed by atoms with Crippen molar-refractivity contribution in [3.63, 3.8) is 0 Å². The fraction of sp³-hybridized carbons (Fsp3) is 0.429. The van der Waals surface area contributed by atoms with E-state index >= 15 is 0 Å². The molecule has 0 saturated carbocycles. The van der Waals surface area contributed by atoms with Gasteiger partial charge in [-0.3, -0.25) is 4.68 Å². The number of nitrogens with zero attached hydrogens (tertiary/aromatic N) is 3. The number of benzene rings is 1. The monoisotopic (exact) mass is 276 g/mol. The molecular formula is C14H20N4O2. The standard InChI is InChI=1S/C14H20N4O2/c1-19-13-5-4-12(14(10-13)20-2)11-15-6-3-8-18-9-7-16-17-18/h4-5,7,9-10,15H,3,6,8,11H2,1-2H3. The van der Waals surface area contributed by atoms with Gasteiger partial charge in [-0.1, -0.05) is 11.3 Å². The van der Waals surface area contributed by atoms with E-state index in [1.807, 2.05) is 29.1 Å². The minimum absolute atomic E-state index is 0.768. The Balaban J connectivity index is 1.76. The van der Waals surface area contributed by atoms with Gasteiger partial charge in [-0.25, -0.2) is 0 Å². The normalized spacial score (nSPS) is 10.5. The van der Waals surface area contributed by atoms with E-state index in [9.17, 15) is 0 Å². The summed E-state index contributed by atoms with van der Waals surface area (Å²) in [5, 5.41) is 11.1. The van der Waals surface area contributed by atoms with Crippen molar-refractivity contribution in [1.29, 1.82) is 0 Å².